The molecule has 4 nitrogen and oxygen atoms in total. The van der Waals surface area contributed by atoms with Crippen molar-refractivity contribution in [1.82, 2.24) is 0 Å². The molecule has 3 N–H and O–H groups in total. The number of fused-ring (bicyclic) bond motifs is 1. The summed E-state index contributed by atoms with van der Waals surface area (Å²) < 4.78 is 5.07. The fourth-order valence-electron chi connectivity index (χ4n) is 3.06. The summed E-state index contributed by atoms with van der Waals surface area (Å²) in [7, 11) is 0. The molecule has 0 aliphatic heterocycles. The number of aliphatic hydroxyl groups is 1. The van der Waals surface area contributed by atoms with E-state index in [4.69, 9.17) is 9.84 Å². The van der Waals surface area contributed by atoms with Gasteiger partial charge in [-0.15, -0.1) is 0 Å². The molecule has 0 spiro atoms. The van der Waals surface area contributed by atoms with Crippen LogP contribution in [0.25, 0.3) is 0 Å². The van der Waals surface area contributed by atoms with Crippen molar-refractivity contribution in [3.8, 4) is 0 Å². The van der Waals surface area contributed by atoms with Crippen molar-refractivity contribution in [3.05, 3.63) is 12.2 Å². The Labute approximate surface area is 109 Å². The maximum atomic E-state index is 11.9. The average Bonchev–Trinajstić information content (AvgIpc) is 2.35. The third kappa shape index (κ3) is 3.82. The molecule has 1 fully saturated rings. The van der Waals surface area contributed by atoms with E-state index >= 15 is 0 Å². The first-order chi connectivity index (χ1) is 7.83. The first kappa shape index (κ1) is 17.1. The summed E-state index contributed by atoms with van der Waals surface area (Å²) in [6.07, 6.45) is 10.0. The number of esters is 1. The Morgan fingerprint density at radius 3 is 2.83 bits per heavy atom. The maximum absolute atomic E-state index is 11.9. The van der Waals surface area contributed by atoms with E-state index in [1.54, 1.807) is 0 Å². The van der Waals surface area contributed by atoms with Crippen LogP contribution in [0.2, 0.25) is 0 Å². The van der Waals surface area contributed by atoms with E-state index in [1.807, 2.05) is 0 Å². The summed E-state index contributed by atoms with van der Waals surface area (Å²) in [4.78, 5) is 11.9. The highest BCUT2D eigenvalue weighted by molar-refractivity contribution is 5.73. The zero-order valence-corrected chi connectivity index (χ0v) is 10.1. The van der Waals surface area contributed by atoms with Crippen LogP contribution in [-0.2, 0) is 9.53 Å². The molecule has 0 aromatic heterocycles. The number of hydrogen-bond acceptors (Lipinski definition) is 3. The number of ether oxygens (including phenoxy) is 1. The Balaban J connectivity index is 0.00000144. The molecule has 3 unspecified atom stereocenters. The molecule has 2 aliphatic rings. The molecule has 3 atom stereocenters. The van der Waals surface area contributed by atoms with E-state index in [0.29, 0.717) is 11.8 Å². The van der Waals surface area contributed by atoms with Gasteiger partial charge >= 0.3 is 5.97 Å². The van der Waals surface area contributed by atoms with E-state index in [1.165, 1.54) is 6.42 Å². The molecule has 0 amide bonds. The highest BCUT2D eigenvalue weighted by atomic mass is 16.5. The van der Waals surface area contributed by atoms with Crippen LogP contribution in [0.5, 0.6) is 0 Å². The minimum Gasteiger partial charge on any atom is -0.463 e. The number of hydrogen-bond donors (Lipinski definition) is 1. The highest BCUT2D eigenvalue weighted by Gasteiger charge is 2.37. The SMILES string of the molecule is C.O.O=C(OCCO)C1CCCC2C=CCCC21. The lowest BCUT2D eigenvalue weighted by Gasteiger charge is -2.37. The zero-order valence-electron chi connectivity index (χ0n) is 10.1. The molecule has 106 valence electrons. The van der Waals surface area contributed by atoms with Gasteiger partial charge in [0.2, 0.25) is 0 Å². The summed E-state index contributed by atoms with van der Waals surface area (Å²) in [5.41, 5.74) is 0. The number of rotatable bonds is 3. The lowest BCUT2D eigenvalue weighted by molar-refractivity contribution is -0.153. The Morgan fingerprint density at radius 2 is 2.11 bits per heavy atom. The standard InChI is InChI=1S/C13H20O3.CH4.H2O/c14-8-9-16-13(15)12-7-3-5-10-4-1-2-6-11(10)12;;/h1,4,10-12,14H,2-3,5-9H2;1H4;1H2. The van der Waals surface area contributed by atoms with Gasteiger partial charge in [-0.2, -0.15) is 0 Å². The van der Waals surface area contributed by atoms with Gasteiger partial charge in [-0.25, -0.2) is 0 Å². The first-order valence-corrected chi connectivity index (χ1v) is 6.27. The zero-order chi connectivity index (χ0) is 11.4. The maximum Gasteiger partial charge on any atom is 0.309 e. The van der Waals surface area contributed by atoms with Crippen molar-refractivity contribution in [2.24, 2.45) is 17.8 Å². The number of carbonyl (C=O) groups is 1. The number of carbonyl (C=O) groups excluding carboxylic acids is 1. The summed E-state index contributed by atoms with van der Waals surface area (Å²) in [5.74, 6) is 1.02. The molecule has 0 aromatic rings. The monoisotopic (exact) mass is 258 g/mol. The van der Waals surface area contributed by atoms with Gasteiger partial charge in [0.15, 0.2) is 0 Å². The van der Waals surface area contributed by atoms with Crippen molar-refractivity contribution >= 4 is 5.97 Å². The average molecular weight is 258 g/mol. The van der Waals surface area contributed by atoms with Gasteiger partial charge < -0.3 is 15.3 Å². The highest BCUT2D eigenvalue weighted by Crippen LogP contribution is 2.41. The molecule has 0 bridgehead atoms. The predicted octanol–water partition coefficient (Wildman–Crippen LogP) is 1.72. The van der Waals surface area contributed by atoms with Crippen molar-refractivity contribution in [1.29, 1.82) is 0 Å². The fraction of sp³-hybridized carbons (Fsp3) is 0.786. The van der Waals surface area contributed by atoms with Crippen LogP contribution in [0.3, 0.4) is 0 Å². The van der Waals surface area contributed by atoms with Crippen LogP contribution in [0, 0.1) is 17.8 Å². The van der Waals surface area contributed by atoms with Crippen molar-refractivity contribution in [2.75, 3.05) is 13.2 Å². The lowest BCUT2D eigenvalue weighted by atomic mass is 9.68. The Bertz CT molecular complexity index is 275. The van der Waals surface area contributed by atoms with Crippen molar-refractivity contribution in [3.63, 3.8) is 0 Å². The summed E-state index contributed by atoms with van der Waals surface area (Å²) in [5, 5.41) is 8.66. The second-order valence-electron chi connectivity index (χ2n) is 4.76. The lowest BCUT2D eigenvalue weighted by Crippen LogP contribution is -2.35. The van der Waals surface area contributed by atoms with E-state index in [0.717, 1.165) is 25.7 Å². The van der Waals surface area contributed by atoms with E-state index < -0.39 is 0 Å². The second-order valence-corrected chi connectivity index (χ2v) is 4.76. The number of allylic oxidation sites excluding steroid dienone is 2. The topological polar surface area (TPSA) is 78.0 Å². The van der Waals surface area contributed by atoms with Crippen LogP contribution >= 0.6 is 0 Å². The molecule has 2 aliphatic carbocycles. The summed E-state index contributed by atoms with van der Waals surface area (Å²) >= 11 is 0. The molecule has 0 radical (unpaired) electrons. The van der Waals surface area contributed by atoms with Gasteiger partial charge in [0.25, 0.3) is 0 Å². The third-order valence-electron chi connectivity index (χ3n) is 3.81. The first-order valence-electron chi connectivity index (χ1n) is 6.27. The van der Waals surface area contributed by atoms with Crippen molar-refractivity contribution < 1.29 is 20.1 Å². The van der Waals surface area contributed by atoms with Crippen LogP contribution in [0.1, 0.15) is 39.5 Å². The second kappa shape index (κ2) is 8.27. The minimum atomic E-state index is -0.0981. The Kier molecular flexibility index (Phi) is 7.87. The molecule has 18 heavy (non-hydrogen) atoms. The summed E-state index contributed by atoms with van der Waals surface area (Å²) in [6, 6.07) is 0. The minimum absolute atomic E-state index is 0. The third-order valence-corrected chi connectivity index (χ3v) is 3.81. The predicted molar refractivity (Wildman–Crippen MR) is 71.1 cm³/mol. The van der Waals surface area contributed by atoms with Gasteiger partial charge in [0.05, 0.1) is 12.5 Å². The smallest absolute Gasteiger partial charge is 0.309 e. The van der Waals surface area contributed by atoms with Gasteiger partial charge in [0.1, 0.15) is 6.61 Å². The molecular weight excluding hydrogens is 232 g/mol. The molecular formula is C14H26O4. The Hall–Kier alpha value is -0.870. The van der Waals surface area contributed by atoms with Gasteiger partial charge in [-0.1, -0.05) is 26.0 Å². The molecule has 4 heteroatoms. The van der Waals surface area contributed by atoms with Crippen LogP contribution in [-0.4, -0.2) is 29.8 Å². The molecule has 2 rings (SSSR count). The Morgan fingerprint density at radius 1 is 1.33 bits per heavy atom. The molecule has 0 heterocycles. The van der Waals surface area contributed by atoms with Gasteiger partial charge in [0, 0.05) is 0 Å². The van der Waals surface area contributed by atoms with Gasteiger partial charge in [-0.05, 0) is 37.5 Å². The van der Waals surface area contributed by atoms with Crippen LogP contribution < -0.4 is 0 Å². The van der Waals surface area contributed by atoms with Crippen LogP contribution in [0.15, 0.2) is 12.2 Å². The van der Waals surface area contributed by atoms with E-state index in [9.17, 15) is 4.79 Å². The quantitative estimate of drug-likeness (QED) is 0.618. The van der Waals surface area contributed by atoms with Crippen LogP contribution in [0.4, 0.5) is 0 Å². The number of aliphatic hydroxyl groups excluding tert-OH is 1. The van der Waals surface area contributed by atoms with Gasteiger partial charge in [-0.3, -0.25) is 4.79 Å². The normalized spacial score (nSPS) is 29.5. The summed E-state index contributed by atoms with van der Waals surface area (Å²) in [6.45, 7) is 0.0645. The largest absolute Gasteiger partial charge is 0.463 e. The molecule has 0 aromatic carbocycles. The molecule has 0 saturated heterocycles. The fourth-order valence-corrected chi connectivity index (χ4v) is 3.06. The van der Waals surface area contributed by atoms with Crippen molar-refractivity contribution in [2.45, 2.75) is 39.5 Å². The van der Waals surface area contributed by atoms with E-state index in [2.05, 4.69) is 12.2 Å². The van der Waals surface area contributed by atoms with E-state index in [-0.39, 0.29) is 38.0 Å². The molecule has 1 saturated carbocycles.